The average molecular weight is 349 g/mol. The van der Waals surface area contributed by atoms with Crippen LogP contribution in [0.25, 0.3) is 10.8 Å². The van der Waals surface area contributed by atoms with Crippen LogP contribution in [0.15, 0.2) is 66.7 Å². The molecule has 3 aromatic carbocycles. The van der Waals surface area contributed by atoms with Crippen LogP contribution in [0.1, 0.15) is 25.5 Å². The van der Waals surface area contributed by atoms with Gasteiger partial charge in [-0.05, 0) is 43.0 Å². The Bertz CT molecular complexity index is 884. The second-order valence-electron chi connectivity index (χ2n) is 6.24. The van der Waals surface area contributed by atoms with E-state index in [1.54, 1.807) is 14.0 Å². The Morgan fingerprint density at radius 2 is 1.62 bits per heavy atom. The highest BCUT2D eigenvalue weighted by atomic mass is 16.5. The molecule has 3 aromatic rings. The highest BCUT2D eigenvalue weighted by Gasteiger charge is 2.18. The first kappa shape index (κ1) is 17.8. The summed E-state index contributed by atoms with van der Waals surface area (Å²) in [7, 11) is 1.63. The molecule has 0 spiro atoms. The van der Waals surface area contributed by atoms with E-state index >= 15 is 0 Å². The topological polar surface area (TPSA) is 47.6 Å². The van der Waals surface area contributed by atoms with Crippen molar-refractivity contribution in [1.29, 1.82) is 0 Å². The highest BCUT2D eigenvalue weighted by Crippen LogP contribution is 2.26. The van der Waals surface area contributed by atoms with E-state index in [9.17, 15) is 4.79 Å². The van der Waals surface area contributed by atoms with Gasteiger partial charge in [-0.25, -0.2) is 0 Å². The van der Waals surface area contributed by atoms with E-state index in [1.807, 2.05) is 73.7 Å². The molecular formula is C22H23NO3. The number of benzene rings is 3. The maximum atomic E-state index is 12.5. The first-order valence-electron chi connectivity index (χ1n) is 8.67. The SMILES string of the molecule is COc1ccc(C(C)NC(=O)C(C)Oc2cccc3ccccc23)cc1. The van der Waals surface area contributed by atoms with E-state index in [0.717, 1.165) is 22.1 Å². The Balaban J connectivity index is 1.67. The van der Waals surface area contributed by atoms with Crippen LogP contribution in [0.4, 0.5) is 0 Å². The molecule has 0 heterocycles. The fourth-order valence-corrected chi connectivity index (χ4v) is 2.85. The molecule has 0 aromatic heterocycles. The minimum absolute atomic E-state index is 0.119. The lowest BCUT2D eigenvalue weighted by Crippen LogP contribution is -2.37. The molecule has 3 rings (SSSR count). The van der Waals surface area contributed by atoms with E-state index in [4.69, 9.17) is 9.47 Å². The summed E-state index contributed by atoms with van der Waals surface area (Å²) in [5.41, 5.74) is 1.01. The summed E-state index contributed by atoms with van der Waals surface area (Å²) in [4.78, 5) is 12.5. The van der Waals surface area contributed by atoms with Crippen LogP contribution >= 0.6 is 0 Å². The summed E-state index contributed by atoms with van der Waals surface area (Å²) in [5, 5.41) is 5.08. The molecule has 0 bridgehead atoms. The molecule has 0 aliphatic heterocycles. The van der Waals surface area contributed by atoms with E-state index in [1.165, 1.54) is 0 Å². The summed E-state index contributed by atoms with van der Waals surface area (Å²) < 4.78 is 11.1. The van der Waals surface area contributed by atoms with Gasteiger partial charge in [-0.3, -0.25) is 4.79 Å². The third-order valence-electron chi connectivity index (χ3n) is 4.40. The van der Waals surface area contributed by atoms with Crippen molar-refractivity contribution in [2.45, 2.75) is 26.0 Å². The van der Waals surface area contributed by atoms with Crippen molar-refractivity contribution in [3.05, 3.63) is 72.3 Å². The van der Waals surface area contributed by atoms with Gasteiger partial charge >= 0.3 is 0 Å². The summed E-state index contributed by atoms with van der Waals surface area (Å²) in [5.74, 6) is 1.35. The van der Waals surface area contributed by atoms with Gasteiger partial charge < -0.3 is 14.8 Å². The molecule has 0 radical (unpaired) electrons. The molecule has 1 amide bonds. The Morgan fingerprint density at radius 1 is 0.923 bits per heavy atom. The summed E-state index contributed by atoms with van der Waals surface area (Å²) in [6.45, 7) is 3.71. The number of carbonyl (C=O) groups excluding carboxylic acids is 1. The number of methoxy groups -OCH3 is 1. The largest absolute Gasteiger partial charge is 0.497 e. The van der Waals surface area contributed by atoms with Crippen LogP contribution in [0.3, 0.4) is 0 Å². The normalized spacial score (nSPS) is 13.0. The van der Waals surface area contributed by atoms with Gasteiger partial charge in [0.05, 0.1) is 13.2 Å². The lowest BCUT2D eigenvalue weighted by atomic mass is 10.1. The van der Waals surface area contributed by atoms with Crippen LogP contribution in [0, 0.1) is 0 Å². The van der Waals surface area contributed by atoms with Gasteiger partial charge in [0.2, 0.25) is 0 Å². The fraction of sp³-hybridized carbons (Fsp3) is 0.227. The zero-order chi connectivity index (χ0) is 18.5. The van der Waals surface area contributed by atoms with E-state index < -0.39 is 6.10 Å². The summed E-state index contributed by atoms with van der Waals surface area (Å²) >= 11 is 0. The third-order valence-corrected chi connectivity index (χ3v) is 4.40. The van der Waals surface area contributed by atoms with Crippen LogP contribution < -0.4 is 14.8 Å². The Kier molecular flexibility index (Phi) is 5.42. The molecule has 0 aliphatic carbocycles. The van der Waals surface area contributed by atoms with Crippen molar-refractivity contribution in [3.63, 3.8) is 0 Å². The van der Waals surface area contributed by atoms with Crippen LogP contribution in [0.5, 0.6) is 11.5 Å². The van der Waals surface area contributed by atoms with Gasteiger partial charge in [0.25, 0.3) is 5.91 Å². The van der Waals surface area contributed by atoms with Crippen molar-refractivity contribution >= 4 is 16.7 Å². The van der Waals surface area contributed by atoms with E-state index in [2.05, 4.69) is 5.32 Å². The number of hydrogen-bond acceptors (Lipinski definition) is 3. The smallest absolute Gasteiger partial charge is 0.261 e. The molecule has 2 atom stereocenters. The Hall–Kier alpha value is -3.01. The monoisotopic (exact) mass is 349 g/mol. The lowest BCUT2D eigenvalue weighted by Gasteiger charge is -2.20. The number of ether oxygens (including phenoxy) is 2. The number of amides is 1. The lowest BCUT2D eigenvalue weighted by molar-refractivity contribution is -0.127. The first-order valence-corrected chi connectivity index (χ1v) is 8.67. The number of nitrogens with one attached hydrogen (secondary N) is 1. The molecule has 0 saturated heterocycles. The third kappa shape index (κ3) is 3.97. The average Bonchev–Trinajstić information content (AvgIpc) is 2.68. The molecule has 0 saturated carbocycles. The van der Waals surface area contributed by atoms with Gasteiger partial charge in [-0.2, -0.15) is 0 Å². The predicted octanol–water partition coefficient (Wildman–Crippen LogP) is 4.49. The first-order chi connectivity index (χ1) is 12.6. The van der Waals surface area contributed by atoms with Crippen molar-refractivity contribution < 1.29 is 14.3 Å². The Labute approximate surface area is 153 Å². The van der Waals surface area contributed by atoms with Gasteiger partial charge in [0, 0.05) is 5.39 Å². The quantitative estimate of drug-likeness (QED) is 0.713. The van der Waals surface area contributed by atoms with Crippen LogP contribution in [0.2, 0.25) is 0 Å². The molecule has 4 heteroatoms. The summed E-state index contributed by atoms with van der Waals surface area (Å²) in [6, 6.07) is 21.4. The van der Waals surface area contributed by atoms with Gasteiger partial charge in [-0.15, -0.1) is 0 Å². The van der Waals surface area contributed by atoms with E-state index in [0.29, 0.717) is 5.75 Å². The van der Waals surface area contributed by atoms with Gasteiger partial charge in [0.15, 0.2) is 6.10 Å². The van der Waals surface area contributed by atoms with E-state index in [-0.39, 0.29) is 11.9 Å². The van der Waals surface area contributed by atoms with Crippen molar-refractivity contribution in [3.8, 4) is 11.5 Å². The standard InChI is InChI=1S/C22H23NO3/c1-15(17-11-13-19(25-3)14-12-17)23-22(24)16(2)26-21-10-6-8-18-7-4-5-9-20(18)21/h4-16H,1-3H3,(H,23,24). The molecule has 26 heavy (non-hydrogen) atoms. The highest BCUT2D eigenvalue weighted by molar-refractivity contribution is 5.89. The minimum Gasteiger partial charge on any atom is -0.497 e. The zero-order valence-corrected chi connectivity index (χ0v) is 15.2. The molecule has 134 valence electrons. The zero-order valence-electron chi connectivity index (χ0n) is 15.2. The van der Waals surface area contributed by atoms with Crippen LogP contribution in [-0.4, -0.2) is 19.1 Å². The van der Waals surface area contributed by atoms with Crippen molar-refractivity contribution in [2.75, 3.05) is 7.11 Å². The molecule has 1 N–H and O–H groups in total. The molecular weight excluding hydrogens is 326 g/mol. The molecule has 4 nitrogen and oxygen atoms in total. The second-order valence-corrected chi connectivity index (χ2v) is 6.24. The Morgan fingerprint density at radius 3 is 2.35 bits per heavy atom. The number of carbonyl (C=O) groups is 1. The second kappa shape index (κ2) is 7.91. The molecule has 2 unspecified atom stereocenters. The predicted molar refractivity (Wildman–Crippen MR) is 104 cm³/mol. The van der Waals surface area contributed by atoms with Gasteiger partial charge in [0.1, 0.15) is 11.5 Å². The van der Waals surface area contributed by atoms with Crippen LogP contribution in [-0.2, 0) is 4.79 Å². The summed E-state index contributed by atoms with van der Waals surface area (Å²) in [6.07, 6.45) is -0.596. The number of rotatable bonds is 6. The van der Waals surface area contributed by atoms with Crippen molar-refractivity contribution in [1.82, 2.24) is 5.32 Å². The number of fused-ring (bicyclic) bond motifs is 1. The fourth-order valence-electron chi connectivity index (χ4n) is 2.85. The minimum atomic E-state index is -0.596. The van der Waals surface area contributed by atoms with Crippen molar-refractivity contribution in [2.24, 2.45) is 0 Å². The number of hydrogen-bond donors (Lipinski definition) is 1. The molecule has 0 aliphatic rings. The maximum Gasteiger partial charge on any atom is 0.261 e. The molecule has 0 fully saturated rings. The van der Waals surface area contributed by atoms with Gasteiger partial charge in [-0.1, -0.05) is 48.5 Å². The maximum absolute atomic E-state index is 12.5.